The molecule has 11 nitrogen and oxygen atoms in total. The number of nitrogens with one attached hydrogen (secondary N) is 1. The Morgan fingerprint density at radius 1 is 1.15 bits per heavy atom. The van der Waals surface area contributed by atoms with Gasteiger partial charge in [0.15, 0.2) is 0 Å². The smallest absolute Gasteiger partial charge is 0.313 e. The van der Waals surface area contributed by atoms with Gasteiger partial charge < -0.3 is 34.4 Å². The molecule has 5 rings (SSSR count). The van der Waals surface area contributed by atoms with Crippen LogP contribution in [0.5, 0.6) is 0 Å². The molecular weight excluding hydrogens is 766 g/mol. The molecular formula is C40H49BrClN3O8. The minimum atomic E-state index is -1.35. The van der Waals surface area contributed by atoms with E-state index in [4.69, 9.17) is 25.8 Å². The second-order valence-corrected chi connectivity index (χ2v) is 15.4. The molecule has 3 aliphatic heterocycles. The third-order valence-electron chi connectivity index (χ3n) is 10.4. The Hall–Kier alpha value is -3.55. The molecule has 3 fully saturated rings. The summed E-state index contributed by atoms with van der Waals surface area (Å²) in [5, 5.41) is 12.8. The Bertz CT molecular complexity index is 1640. The number of unbranched alkanes of at least 4 members (excludes halogenated alkanes) is 2. The highest BCUT2D eigenvalue weighted by molar-refractivity contribution is 9.09. The Morgan fingerprint density at radius 3 is 2.57 bits per heavy atom. The molecule has 3 heterocycles. The van der Waals surface area contributed by atoms with Crippen LogP contribution in [0.15, 0.2) is 73.8 Å². The summed E-state index contributed by atoms with van der Waals surface area (Å²) in [5.41, 5.74) is 0.560. The number of hydrogen-bond donors (Lipinski definition) is 2. The number of halogens is 2. The van der Waals surface area contributed by atoms with E-state index in [9.17, 15) is 19.5 Å². The van der Waals surface area contributed by atoms with Gasteiger partial charge in [-0.25, -0.2) is 0 Å². The number of anilines is 1. The highest BCUT2D eigenvalue weighted by atomic mass is 79.9. The van der Waals surface area contributed by atoms with Crippen LogP contribution < -0.4 is 10.2 Å². The third-order valence-corrected chi connectivity index (χ3v) is 11.5. The van der Waals surface area contributed by atoms with Crippen LogP contribution in [0.2, 0.25) is 5.02 Å². The summed E-state index contributed by atoms with van der Waals surface area (Å²) >= 11 is 10.4. The Labute approximate surface area is 324 Å². The fourth-order valence-electron chi connectivity index (χ4n) is 8.15. The van der Waals surface area contributed by atoms with Crippen LogP contribution in [0, 0.1) is 18.8 Å². The van der Waals surface area contributed by atoms with Gasteiger partial charge in [-0.15, -0.1) is 13.2 Å². The van der Waals surface area contributed by atoms with Crippen molar-refractivity contribution in [2.45, 2.75) is 80.2 Å². The summed E-state index contributed by atoms with van der Waals surface area (Å²) in [6, 6.07) is 12.6. The summed E-state index contributed by atoms with van der Waals surface area (Å²) in [4.78, 5) is 60.0. The molecule has 2 N–H and O–H groups in total. The molecule has 2 aromatic carbocycles. The molecule has 3 aliphatic rings. The predicted octanol–water partition coefficient (Wildman–Crippen LogP) is 5.46. The minimum Gasteiger partial charge on any atom is -0.455 e. The maximum atomic E-state index is 15.0. The predicted molar refractivity (Wildman–Crippen MR) is 206 cm³/mol. The number of amides is 3. The monoisotopic (exact) mass is 813 g/mol. The second kappa shape index (κ2) is 18.2. The largest absolute Gasteiger partial charge is 0.455 e. The zero-order valence-electron chi connectivity index (χ0n) is 30.3. The van der Waals surface area contributed by atoms with Gasteiger partial charge in [-0.2, -0.15) is 0 Å². The van der Waals surface area contributed by atoms with Crippen molar-refractivity contribution in [1.82, 2.24) is 10.2 Å². The SMILES string of the molecule is C=CCCC(=O)N[C@H](COC)[C@H](OC(=O)[C@@H]1[C@H]2O[C@@]3(CC2Br)[C@H](C(=O)N(CC=C)c2c(C)cccc2Cl)N(CCCCCO)C(=O)[C@@H]13)c1ccccc1. The minimum absolute atomic E-state index is 0.00704. The standard InChI is InChI=1S/C40H49BrClN3O8/c1-5-7-19-30(47)43-29(24-51-4)34(26-16-10-8-11-17-26)52-39(50)31-32-37(48)45(21-12-9-13-22-46)36(40(32)23-27(41)35(31)53-40)38(49)44(20-6-2)33-25(3)15-14-18-28(33)42/h5-6,8,10-11,14-18,27,29,31-32,34-36,46H,1-2,7,9,12-13,19-24H2,3-4H3,(H,43,47)/t27?,29-,31+,32-,34-,35+,36+,40-/m1/s1. The van der Waals surface area contributed by atoms with Crippen LogP contribution in [0.4, 0.5) is 5.69 Å². The molecule has 13 heteroatoms. The van der Waals surface area contributed by atoms with E-state index in [-0.39, 0.29) is 49.4 Å². The lowest BCUT2D eigenvalue weighted by molar-refractivity contribution is -0.163. The van der Waals surface area contributed by atoms with Crippen molar-refractivity contribution in [2.75, 3.05) is 38.3 Å². The van der Waals surface area contributed by atoms with E-state index in [1.54, 1.807) is 46.2 Å². The zero-order valence-corrected chi connectivity index (χ0v) is 32.6. The normalized spacial score (nSPS) is 25.4. The molecule has 53 heavy (non-hydrogen) atoms. The highest BCUT2D eigenvalue weighted by Gasteiger charge is 2.77. The fourth-order valence-corrected chi connectivity index (χ4v) is 9.41. The number of benzene rings is 2. The first-order valence-electron chi connectivity index (χ1n) is 18.1. The van der Waals surface area contributed by atoms with Crippen molar-refractivity contribution < 1.29 is 38.5 Å². The van der Waals surface area contributed by atoms with Crippen LogP contribution >= 0.6 is 27.5 Å². The maximum Gasteiger partial charge on any atom is 0.313 e. The number of allylic oxidation sites excluding steroid dienone is 1. The Kier molecular flexibility index (Phi) is 13.9. The number of aryl methyl sites for hydroxylation is 1. The number of esters is 1. The van der Waals surface area contributed by atoms with Gasteiger partial charge in [0, 0.05) is 38.1 Å². The number of rotatable bonds is 19. The summed E-state index contributed by atoms with van der Waals surface area (Å²) in [5.74, 6) is -3.76. The average molecular weight is 815 g/mol. The number of alkyl halides is 1. The number of methoxy groups -OCH3 is 1. The topological polar surface area (TPSA) is 135 Å². The van der Waals surface area contributed by atoms with E-state index in [1.165, 1.54) is 7.11 Å². The van der Waals surface area contributed by atoms with Crippen molar-refractivity contribution in [3.63, 3.8) is 0 Å². The van der Waals surface area contributed by atoms with E-state index in [0.717, 1.165) is 5.56 Å². The van der Waals surface area contributed by atoms with Crippen LogP contribution in [0.3, 0.4) is 0 Å². The number of carbonyl (C=O) groups excluding carboxylic acids is 4. The fraction of sp³-hybridized carbons (Fsp3) is 0.500. The van der Waals surface area contributed by atoms with Gasteiger partial charge >= 0.3 is 5.97 Å². The van der Waals surface area contributed by atoms with E-state index < -0.39 is 53.6 Å². The number of aliphatic hydroxyl groups excluding tert-OH is 1. The van der Waals surface area contributed by atoms with Crippen LogP contribution in [0.1, 0.15) is 55.8 Å². The van der Waals surface area contributed by atoms with Gasteiger partial charge in [0.1, 0.15) is 17.7 Å². The van der Waals surface area contributed by atoms with E-state index in [2.05, 4.69) is 34.4 Å². The number of para-hydroxylation sites is 1. The highest BCUT2D eigenvalue weighted by Crippen LogP contribution is 2.60. The van der Waals surface area contributed by atoms with Gasteiger partial charge in [0.25, 0.3) is 5.91 Å². The number of likely N-dealkylation sites (tertiary alicyclic amines) is 1. The molecule has 0 radical (unpaired) electrons. The van der Waals surface area contributed by atoms with Crippen molar-refractivity contribution in [2.24, 2.45) is 11.8 Å². The number of nitrogens with zero attached hydrogens (tertiary/aromatic N) is 2. The molecule has 286 valence electrons. The molecule has 2 aromatic rings. The second-order valence-electron chi connectivity index (χ2n) is 13.8. The van der Waals surface area contributed by atoms with Crippen molar-refractivity contribution in [3.05, 3.63) is 90.0 Å². The first-order chi connectivity index (χ1) is 25.5. The van der Waals surface area contributed by atoms with Crippen LogP contribution in [0.25, 0.3) is 0 Å². The molecule has 0 saturated carbocycles. The third kappa shape index (κ3) is 8.27. The molecule has 8 atom stereocenters. The lowest BCUT2D eigenvalue weighted by atomic mass is 9.70. The Morgan fingerprint density at radius 2 is 1.91 bits per heavy atom. The summed E-state index contributed by atoms with van der Waals surface area (Å²) in [6.07, 6.45) is 4.21. The summed E-state index contributed by atoms with van der Waals surface area (Å²) in [7, 11) is 1.50. The number of carbonyl (C=O) groups is 4. The van der Waals surface area contributed by atoms with Crippen molar-refractivity contribution in [3.8, 4) is 0 Å². The quantitative estimate of drug-likeness (QED) is 0.0828. The zero-order chi connectivity index (χ0) is 38.3. The number of ether oxygens (including phenoxy) is 3. The summed E-state index contributed by atoms with van der Waals surface area (Å²) in [6.45, 7) is 9.84. The number of hydrogen-bond acceptors (Lipinski definition) is 8. The molecule has 1 unspecified atom stereocenters. The first-order valence-corrected chi connectivity index (χ1v) is 19.4. The van der Waals surface area contributed by atoms with Gasteiger partial charge in [-0.1, -0.05) is 82.1 Å². The van der Waals surface area contributed by atoms with Gasteiger partial charge in [-0.05, 0) is 56.2 Å². The first kappa shape index (κ1) is 40.6. The van der Waals surface area contributed by atoms with Gasteiger partial charge in [0.05, 0.1) is 41.3 Å². The molecule has 0 aromatic heterocycles. The number of aliphatic hydroxyl groups is 1. The van der Waals surface area contributed by atoms with Gasteiger partial charge in [0.2, 0.25) is 11.8 Å². The average Bonchev–Trinajstić information content (AvgIpc) is 3.73. The molecule has 1 spiro atoms. The van der Waals surface area contributed by atoms with Crippen LogP contribution in [-0.4, -0.2) is 95.7 Å². The van der Waals surface area contributed by atoms with Crippen LogP contribution in [-0.2, 0) is 33.4 Å². The van der Waals surface area contributed by atoms with E-state index in [0.29, 0.717) is 48.4 Å². The van der Waals surface area contributed by atoms with E-state index >= 15 is 4.79 Å². The van der Waals surface area contributed by atoms with E-state index in [1.807, 2.05) is 31.2 Å². The maximum absolute atomic E-state index is 15.0. The lowest BCUT2D eigenvalue weighted by Gasteiger charge is -2.37. The van der Waals surface area contributed by atoms with Crippen molar-refractivity contribution >= 4 is 56.9 Å². The molecule has 0 aliphatic carbocycles. The Balaban J connectivity index is 1.54. The van der Waals surface area contributed by atoms with Crippen molar-refractivity contribution in [1.29, 1.82) is 0 Å². The molecule has 3 amide bonds. The molecule has 3 saturated heterocycles. The summed E-state index contributed by atoms with van der Waals surface area (Å²) < 4.78 is 18.6. The number of fused-ring (bicyclic) bond motifs is 1. The van der Waals surface area contributed by atoms with Gasteiger partial charge in [-0.3, -0.25) is 19.2 Å². The lowest BCUT2D eigenvalue weighted by Crippen LogP contribution is -2.57. The molecule has 2 bridgehead atoms.